The van der Waals surface area contributed by atoms with Crippen LogP contribution in [0.5, 0.6) is 5.75 Å². The first-order valence-corrected chi connectivity index (χ1v) is 10.0. The Bertz CT molecular complexity index is 874. The van der Waals surface area contributed by atoms with Gasteiger partial charge >= 0.3 is 5.97 Å². The van der Waals surface area contributed by atoms with E-state index in [1.54, 1.807) is 6.07 Å². The second-order valence-electron chi connectivity index (χ2n) is 8.13. The molecule has 154 valence electrons. The molecule has 3 unspecified atom stereocenters. The highest BCUT2D eigenvalue weighted by molar-refractivity contribution is 5.77. The van der Waals surface area contributed by atoms with Crippen molar-refractivity contribution >= 4 is 17.9 Å². The van der Waals surface area contributed by atoms with Gasteiger partial charge in [-0.05, 0) is 68.2 Å². The van der Waals surface area contributed by atoms with E-state index in [2.05, 4.69) is 28.8 Å². The normalized spacial score (nSPS) is 25.3. The number of carbonyl (C=O) groups excluding carboxylic acids is 2. The lowest BCUT2D eigenvalue weighted by atomic mass is 9.46. The van der Waals surface area contributed by atoms with E-state index in [0.29, 0.717) is 12.8 Å². The van der Waals surface area contributed by atoms with Crippen LogP contribution in [0, 0.1) is 17.7 Å². The van der Waals surface area contributed by atoms with E-state index in [-0.39, 0.29) is 35.2 Å². The first-order valence-electron chi connectivity index (χ1n) is 10.0. The van der Waals surface area contributed by atoms with Crippen molar-refractivity contribution < 1.29 is 14.3 Å². The fraction of sp³-hybridized carbons (Fsp3) is 0.478. The van der Waals surface area contributed by atoms with Gasteiger partial charge in [-0.3, -0.25) is 4.79 Å². The van der Waals surface area contributed by atoms with E-state index in [9.17, 15) is 14.5 Å². The number of fused-ring (bicyclic) bond motifs is 1. The van der Waals surface area contributed by atoms with Crippen LogP contribution in [-0.4, -0.2) is 37.3 Å². The van der Waals surface area contributed by atoms with E-state index in [4.69, 9.17) is 4.74 Å². The van der Waals surface area contributed by atoms with Gasteiger partial charge in [-0.1, -0.05) is 24.8 Å². The monoisotopic (exact) mass is 396 g/mol. The molecular weight excluding hydrogens is 368 g/mol. The van der Waals surface area contributed by atoms with Gasteiger partial charge in [-0.2, -0.15) is 0 Å². The van der Waals surface area contributed by atoms with Crippen LogP contribution >= 0.6 is 0 Å². The fourth-order valence-electron chi connectivity index (χ4n) is 5.02. The number of carbonyl (C=O) groups is 2. The Hall–Kier alpha value is -2.60. The minimum absolute atomic E-state index is 0.117. The maximum Gasteiger partial charge on any atom is 0.311 e. The maximum atomic E-state index is 12.2. The van der Waals surface area contributed by atoms with E-state index in [1.807, 2.05) is 27.1 Å². The molecule has 3 rings (SSSR count). The van der Waals surface area contributed by atoms with Gasteiger partial charge < -0.3 is 14.4 Å². The molecule has 1 aromatic carbocycles. The van der Waals surface area contributed by atoms with Crippen molar-refractivity contribution in [2.75, 3.05) is 14.1 Å². The first kappa shape index (κ1) is 21.1. The fourth-order valence-corrected chi connectivity index (χ4v) is 5.02. The van der Waals surface area contributed by atoms with Crippen molar-refractivity contribution in [1.29, 1.82) is 0 Å². The quantitative estimate of drug-likeness (QED) is 0.163. The van der Waals surface area contributed by atoms with Crippen LogP contribution in [0.1, 0.15) is 43.2 Å². The zero-order valence-electron chi connectivity index (χ0n) is 17.3. The molecule has 29 heavy (non-hydrogen) atoms. The number of rotatable bonds is 8. The number of ether oxygens (including phenoxy) is 1. The molecule has 1 aromatic rings. The lowest BCUT2D eigenvalue weighted by molar-refractivity contribution is -0.134. The second kappa shape index (κ2) is 8.41. The summed E-state index contributed by atoms with van der Waals surface area (Å²) in [5.41, 5.74) is 2.64. The number of unbranched alkanes of at least 4 members (excludes halogenated alkanes) is 1. The SMILES string of the molecule is C=C1C(N(C)C)C2C=CCCC12c1c(C)ccc(OC(=O)CCCC=O)c1N=O. The summed E-state index contributed by atoms with van der Waals surface area (Å²) in [7, 11) is 4.07. The summed E-state index contributed by atoms with van der Waals surface area (Å²) in [4.78, 5) is 36.7. The molecule has 0 spiro atoms. The van der Waals surface area contributed by atoms with E-state index in [0.717, 1.165) is 35.8 Å². The predicted molar refractivity (Wildman–Crippen MR) is 112 cm³/mol. The Kier molecular flexibility index (Phi) is 6.13. The Morgan fingerprint density at radius 3 is 2.83 bits per heavy atom. The Morgan fingerprint density at radius 2 is 2.17 bits per heavy atom. The van der Waals surface area contributed by atoms with Crippen molar-refractivity contribution in [2.24, 2.45) is 11.1 Å². The minimum atomic E-state index is -0.470. The third kappa shape index (κ3) is 3.46. The number of aldehydes is 1. The molecule has 0 saturated heterocycles. The standard InChI is InChI=1S/C23H28N2O4/c1-15-11-12-18(29-19(27)10-6-8-14-26)21(24-28)20(15)23-13-7-5-9-17(23)22(16(23)2)25(3)4/h5,9,11-12,14,17,22H,2,6-8,10,13H2,1,3-4H3. The van der Waals surface area contributed by atoms with Crippen LogP contribution in [-0.2, 0) is 15.0 Å². The number of likely N-dealkylation sites (N-methyl/N-ethyl adjacent to an activating group) is 1. The average Bonchev–Trinajstić information content (AvgIpc) is 2.68. The largest absolute Gasteiger partial charge is 0.424 e. The molecule has 0 radical (unpaired) electrons. The second-order valence-corrected chi connectivity index (χ2v) is 8.13. The van der Waals surface area contributed by atoms with Gasteiger partial charge in [-0.15, -0.1) is 4.91 Å². The zero-order chi connectivity index (χ0) is 21.2. The van der Waals surface area contributed by atoms with Crippen molar-refractivity contribution in [3.8, 4) is 5.75 Å². The van der Waals surface area contributed by atoms with Crippen LogP contribution in [0.25, 0.3) is 0 Å². The highest BCUT2D eigenvalue weighted by Crippen LogP contribution is 2.62. The predicted octanol–water partition coefficient (Wildman–Crippen LogP) is 4.37. The highest BCUT2D eigenvalue weighted by Gasteiger charge is 2.59. The molecule has 0 aromatic heterocycles. The first-order chi connectivity index (χ1) is 13.9. The van der Waals surface area contributed by atoms with Crippen LogP contribution in [0.15, 0.2) is 41.6 Å². The van der Waals surface area contributed by atoms with Gasteiger partial charge in [0, 0.05) is 30.2 Å². The molecule has 0 heterocycles. The number of hydrogen-bond donors (Lipinski definition) is 0. The summed E-state index contributed by atoms with van der Waals surface area (Å²) < 4.78 is 5.48. The highest BCUT2D eigenvalue weighted by atomic mass is 16.5. The van der Waals surface area contributed by atoms with Crippen molar-refractivity contribution in [1.82, 2.24) is 4.90 Å². The van der Waals surface area contributed by atoms with E-state index >= 15 is 0 Å². The number of allylic oxidation sites excluding steroid dienone is 1. The molecule has 1 saturated carbocycles. The van der Waals surface area contributed by atoms with Gasteiger partial charge in [0.25, 0.3) is 0 Å². The van der Waals surface area contributed by atoms with Crippen LogP contribution in [0.2, 0.25) is 0 Å². The Balaban J connectivity index is 2.02. The number of aryl methyl sites for hydroxylation is 1. The van der Waals surface area contributed by atoms with Crippen LogP contribution in [0.4, 0.5) is 5.69 Å². The maximum absolute atomic E-state index is 12.2. The molecule has 6 heteroatoms. The Labute approximate surface area is 171 Å². The van der Waals surface area contributed by atoms with Crippen molar-refractivity contribution in [3.05, 3.63) is 52.5 Å². The molecule has 3 atom stereocenters. The number of esters is 1. The van der Waals surface area contributed by atoms with Crippen LogP contribution in [0.3, 0.4) is 0 Å². The number of hydrogen-bond acceptors (Lipinski definition) is 6. The molecular formula is C23H28N2O4. The molecule has 0 aliphatic heterocycles. The van der Waals surface area contributed by atoms with Crippen LogP contribution < -0.4 is 4.74 Å². The van der Waals surface area contributed by atoms with Crippen molar-refractivity contribution in [2.45, 2.75) is 50.5 Å². The molecule has 2 aliphatic carbocycles. The van der Waals surface area contributed by atoms with Gasteiger partial charge in [0.05, 0.1) is 0 Å². The minimum Gasteiger partial charge on any atom is -0.424 e. The number of nitroso groups, excluding NO2 is 1. The summed E-state index contributed by atoms with van der Waals surface area (Å²) in [6, 6.07) is 3.70. The average molecular weight is 396 g/mol. The zero-order valence-corrected chi connectivity index (χ0v) is 17.3. The van der Waals surface area contributed by atoms with Gasteiger partial charge in [0.2, 0.25) is 0 Å². The summed E-state index contributed by atoms with van der Waals surface area (Å²) in [6.45, 7) is 6.35. The smallest absolute Gasteiger partial charge is 0.311 e. The summed E-state index contributed by atoms with van der Waals surface area (Å²) in [5, 5.41) is 3.31. The molecule has 0 bridgehead atoms. The Morgan fingerprint density at radius 1 is 1.41 bits per heavy atom. The third-order valence-corrected chi connectivity index (χ3v) is 6.26. The lowest BCUT2D eigenvalue weighted by Crippen LogP contribution is -2.62. The molecule has 1 fully saturated rings. The molecule has 2 aliphatic rings. The van der Waals surface area contributed by atoms with Gasteiger partial charge in [0.1, 0.15) is 6.29 Å². The molecule has 0 amide bonds. The number of benzene rings is 1. The summed E-state index contributed by atoms with van der Waals surface area (Å²) in [5.74, 6) is -0.0975. The van der Waals surface area contributed by atoms with Gasteiger partial charge in [0.15, 0.2) is 11.4 Å². The van der Waals surface area contributed by atoms with E-state index in [1.165, 1.54) is 0 Å². The third-order valence-electron chi connectivity index (χ3n) is 6.26. The summed E-state index contributed by atoms with van der Waals surface area (Å²) in [6.07, 6.45) is 7.75. The lowest BCUT2D eigenvalue weighted by Gasteiger charge is -2.60. The topological polar surface area (TPSA) is 76.0 Å². The number of nitrogens with zero attached hydrogens (tertiary/aromatic N) is 2. The summed E-state index contributed by atoms with van der Waals surface area (Å²) >= 11 is 0. The molecule has 0 N–H and O–H groups in total. The van der Waals surface area contributed by atoms with Crippen molar-refractivity contribution in [3.63, 3.8) is 0 Å². The molecule has 6 nitrogen and oxygen atoms in total. The van der Waals surface area contributed by atoms with E-state index < -0.39 is 5.97 Å². The van der Waals surface area contributed by atoms with Gasteiger partial charge in [-0.25, -0.2) is 0 Å².